The molecule has 23 heavy (non-hydrogen) atoms. The molecule has 0 radical (unpaired) electrons. The first-order chi connectivity index (χ1) is 11.3. The van der Waals surface area contributed by atoms with Crippen LogP contribution in [0.25, 0.3) is 10.8 Å². The van der Waals surface area contributed by atoms with Crippen LogP contribution in [0.1, 0.15) is 46.3 Å². The minimum Gasteiger partial charge on any atom is -0.293 e. The van der Waals surface area contributed by atoms with E-state index in [9.17, 15) is 4.79 Å². The van der Waals surface area contributed by atoms with Gasteiger partial charge in [-0.15, -0.1) is 0 Å². The van der Waals surface area contributed by atoms with E-state index in [0.29, 0.717) is 0 Å². The number of carbonyl (C=O) groups excluding carboxylic acids is 1. The van der Waals surface area contributed by atoms with Gasteiger partial charge in [0.05, 0.1) is 5.92 Å². The molecular formula is C22H20O. The maximum Gasteiger partial charge on any atom is 0.170 e. The van der Waals surface area contributed by atoms with Gasteiger partial charge >= 0.3 is 0 Å². The van der Waals surface area contributed by atoms with E-state index in [1.54, 1.807) is 0 Å². The first kappa shape index (κ1) is 14.2. The zero-order valence-corrected chi connectivity index (χ0v) is 13.4. The van der Waals surface area contributed by atoms with Gasteiger partial charge in [-0.2, -0.15) is 0 Å². The number of carbonyl (C=O) groups is 1. The first-order valence-electron chi connectivity index (χ1n) is 8.41. The number of Topliss-reactive ketones (excluding diaryl/α,β-unsaturated/α-hetero) is 1. The van der Waals surface area contributed by atoms with Crippen LogP contribution in [0, 0.1) is 0 Å². The number of benzene rings is 3. The lowest BCUT2D eigenvalue weighted by Gasteiger charge is -2.10. The normalized spacial score (nSPS) is 16.7. The lowest BCUT2D eigenvalue weighted by Crippen LogP contribution is -2.06. The summed E-state index contributed by atoms with van der Waals surface area (Å²) in [6.45, 7) is 2.20. The number of ketones is 1. The van der Waals surface area contributed by atoms with Crippen molar-refractivity contribution >= 4 is 16.6 Å². The minimum atomic E-state index is -0.0216. The van der Waals surface area contributed by atoms with Crippen LogP contribution in [0.3, 0.4) is 0 Å². The summed E-state index contributed by atoms with van der Waals surface area (Å²) in [5.74, 6) is 0.247. The van der Waals surface area contributed by atoms with Crippen molar-refractivity contribution in [3.05, 3.63) is 82.9 Å². The Morgan fingerprint density at radius 2 is 1.78 bits per heavy atom. The van der Waals surface area contributed by atoms with E-state index in [1.165, 1.54) is 21.9 Å². The molecule has 0 amide bonds. The van der Waals surface area contributed by atoms with Gasteiger partial charge in [0.25, 0.3) is 0 Å². The molecule has 4 rings (SSSR count). The molecule has 0 bridgehead atoms. The molecule has 1 nitrogen and oxygen atoms in total. The summed E-state index contributed by atoms with van der Waals surface area (Å²) in [6.07, 6.45) is 3.09. The second-order valence-electron chi connectivity index (χ2n) is 6.47. The number of aryl methyl sites for hydroxylation is 1. The van der Waals surface area contributed by atoms with Gasteiger partial charge in [-0.05, 0) is 40.3 Å². The van der Waals surface area contributed by atoms with Gasteiger partial charge in [0, 0.05) is 5.56 Å². The Labute approximate surface area is 137 Å². The molecule has 0 heterocycles. The van der Waals surface area contributed by atoms with Crippen LogP contribution in [-0.4, -0.2) is 5.78 Å². The summed E-state index contributed by atoms with van der Waals surface area (Å²) in [5.41, 5.74) is 4.60. The van der Waals surface area contributed by atoms with E-state index >= 15 is 0 Å². The molecule has 0 spiro atoms. The maximum absolute atomic E-state index is 12.7. The van der Waals surface area contributed by atoms with E-state index in [4.69, 9.17) is 0 Å². The molecule has 1 aliphatic carbocycles. The van der Waals surface area contributed by atoms with Crippen molar-refractivity contribution in [2.24, 2.45) is 0 Å². The smallest absolute Gasteiger partial charge is 0.170 e. The Bertz CT molecular complexity index is 891. The molecule has 1 unspecified atom stereocenters. The molecule has 3 aromatic carbocycles. The van der Waals surface area contributed by atoms with Gasteiger partial charge in [0.1, 0.15) is 0 Å². The van der Waals surface area contributed by atoms with E-state index in [0.717, 1.165) is 30.4 Å². The average Bonchev–Trinajstić information content (AvgIpc) is 2.92. The molecule has 0 saturated heterocycles. The number of hydrogen-bond acceptors (Lipinski definition) is 1. The maximum atomic E-state index is 12.7. The number of hydrogen-bond donors (Lipinski definition) is 0. The molecule has 1 heteroatoms. The van der Waals surface area contributed by atoms with Gasteiger partial charge in [0.15, 0.2) is 5.78 Å². The number of fused-ring (bicyclic) bond motifs is 2. The SMILES string of the molecule is CCCc1ccc2ccc(C3Cc4ccccc4C3=O)cc2c1. The van der Waals surface area contributed by atoms with E-state index in [-0.39, 0.29) is 11.7 Å². The Kier molecular flexibility index (Phi) is 3.49. The Hall–Kier alpha value is -2.41. The standard InChI is InChI=1S/C22H20O/c1-2-5-15-8-9-16-10-11-18(13-19(16)12-15)21-14-17-6-3-4-7-20(17)22(21)23/h3-4,6-13,21H,2,5,14H2,1H3. The monoisotopic (exact) mass is 300 g/mol. The fourth-order valence-corrected chi connectivity index (χ4v) is 3.68. The van der Waals surface area contributed by atoms with Crippen molar-refractivity contribution in [1.82, 2.24) is 0 Å². The molecule has 0 N–H and O–H groups in total. The topological polar surface area (TPSA) is 17.1 Å². The van der Waals surface area contributed by atoms with Gasteiger partial charge < -0.3 is 0 Å². The Morgan fingerprint density at radius 1 is 0.957 bits per heavy atom. The fourth-order valence-electron chi connectivity index (χ4n) is 3.68. The summed E-state index contributed by atoms with van der Waals surface area (Å²) in [4.78, 5) is 12.7. The summed E-state index contributed by atoms with van der Waals surface area (Å²) in [5, 5.41) is 2.49. The van der Waals surface area contributed by atoms with Crippen LogP contribution < -0.4 is 0 Å². The Morgan fingerprint density at radius 3 is 2.61 bits per heavy atom. The zero-order valence-electron chi connectivity index (χ0n) is 13.4. The molecule has 114 valence electrons. The highest BCUT2D eigenvalue weighted by atomic mass is 16.1. The van der Waals surface area contributed by atoms with Crippen molar-refractivity contribution in [2.75, 3.05) is 0 Å². The van der Waals surface area contributed by atoms with Crippen LogP contribution in [0.4, 0.5) is 0 Å². The summed E-state index contributed by atoms with van der Waals surface area (Å²) in [6, 6.07) is 21.2. The van der Waals surface area contributed by atoms with Crippen molar-refractivity contribution in [3.63, 3.8) is 0 Å². The molecule has 0 fully saturated rings. The van der Waals surface area contributed by atoms with E-state index in [2.05, 4.69) is 49.4 Å². The summed E-state index contributed by atoms with van der Waals surface area (Å²) in [7, 11) is 0. The van der Waals surface area contributed by atoms with E-state index < -0.39 is 0 Å². The van der Waals surface area contributed by atoms with Gasteiger partial charge in [0.2, 0.25) is 0 Å². The van der Waals surface area contributed by atoms with Crippen molar-refractivity contribution < 1.29 is 4.79 Å². The second kappa shape index (κ2) is 5.66. The summed E-state index contributed by atoms with van der Waals surface area (Å²) >= 11 is 0. The fraction of sp³-hybridized carbons (Fsp3) is 0.227. The highest BCUT2D eigenvalue weighted by molar-refractivity contribution is 6.05. The summed E-state index contributed by atoms with van der Waals surface area (Å²) < 4.78 is 0. The average molecular weight is 300 g/mol. The van der Waals surface area contributed by atoms with Gasteiger partial charge in [-0.1, -0.05) is 74.0 Å². The van der Waals surface area contributed by atoms with Crippen LogP contribution in [0.2, 0.25) is 0 Å². The molecule has 0 aromatic heterocycles. The third-order valence-electron chi connectivity index (χ3n) is 4.89. The van der Waals surface area contributed by atoms with Crippen molar-refractivity contribution in [1.29, 1.82) is 0 Å². The lowest BCUT2D eigenvalue weighted by atomic mass is 9.92. The van der Waals surface area contributed by atoms with Crippen LogP contribution in [-0.2, 0) is 12.8 Å². The van der Waals surface area contributed by atoms with Crippen LogP contribution in [0.5, 0.6) is 0 Å². The van der Waals surface area contributed by atoms with Crippen LogP contribution >= 0.6 is 0 Å². The van der Waals surface area contributed by atoms with Crippen molar-refractivity contribution in [2.45, 2.75) is 32.1 Å². The molecule has 1 atom stereocenters. The highest BCUT2D eigenvalue weighted by Crippen LogP contribution is 2.35. The predicted octanol–water partition coefficient (Wildman–Crippen LogP) is 5.31. The van der Waals surface area contributed by atoms with Crippen molar-refractivity contribution in [3.8, 4) is 0 Å². The van der Waals surface area contributed by atoms with Gasteiger partial charge in [-0.3, -0.25) is 4.79 Å². The molecule has 0 aliphatic heterocycles. The third-order valence-corrected chi connectivity index (χ3v) is 4.89. The Balaban J connectivity index is 1.74. The van der Waals surface area contributed by atoms with Crippen LogP contribution in [0.15, 0.2) is 60.7 Å². The quantitative estimate of drug-likeness (QED) is 0.640. The predicted molar refractivity (Wildman–Crippen MR) is 95.2 cm³/mol. The lowest BCUT2D eigenvalue weighted by molar-refractivity contribution is 0.0973. The molecule has 0 saturated carbocycles. The number of rotatable bonds is 3. The molecular weight excluding hydrogens is 280 g/mol. The van der Waals surface area contributed by atoms with Gasteiger partial charge in [-0.25, -0.2) is 0 Å². The van der Waals surface area contributed by atoms with E-state index in [1.807, 2.05) is 18.2 Å². The largest absolute Gasteiger partial charge is 0.293 e. The first-order valence-corrected chi connectivity index (χ1v) is 8.41. The second-order valence-corrected chi connectivity index (χ2v) is 6.47. The zero-order chi connectivity index (χ0) is 15.8. The molecule has 3 aromatic rings. The minimum absolute atomic E-state index is 0.0216. The highest BCUT2D eigenvalue weighted by Gasteiger charge is 2.31. The third kappa shape index (κ3) is 2.46. The molecule has 1 aliphatic rings.